The van der Waals surface area contributed by atoms with Crippen molar-refractivity contribution in [3.8, 4) is 5.75 Å². The third-order valence-electron chi connectivity index (χ3n) is 5.01. The van der Waals surface area contributed by atoms with Gasteiger partial charge in [-0.3, -0.25) is 4.79 Å². The van der Waals surface area contributed by atoms with Gasteiger partial charge >= 0.3 is 5.97 Å². The van der Waals surface area contributed by atoms with Crippen LogP contribution in [-0.4, -0.2) is 24.6 Å². The lowest BCUT2D eigenvalue weighted by atomic mass is 9.92. The highest BCUT2D eigenvalue weighted by molar-refractivity contribution is 5.97. The van der Waals surface area contributed by atoms with E-state index in [0.29, 0.717) is 23.6 Å². The Kier molecular flexibility index (Phi) is 6.34. The van der Waals surface area contributed by atoms with E-state index in [9.17, 15) is 9.59 Å². The molecule has 5 nitrogen and oxygen atoms in total. The van der Waals surface area contributed by atoms with Crippen LogP contribution in [0.15, 0.2) is 36.4 Å². The second-order valence-corrected chi connectivity index (χ2v) is 7.14. The Morgan fingerprint density at radius 2 is 1.82 bits per heavy atom. The monoisotopic (exact) mass is 381 g/mol. The minimum absolute atomic E-state index is 0.262. The van der Waals surface area contributed by atoms with Gasteiger partial charge in [-0.25, -0.2) is 4.79 Å². The maximum Gasteiger partial charge on any atom is 0.338 e. The smallest absolute Gasteiger partial charge is 0.338 e. The number of carbonyl (C=O) groups is 2. The third-order valence-corrected chi connectivity index (χ3v) is 5.01. The standard InChI is InChI=1S/C23H27NO4/c1-4-27-23(26)19-10-9-15(2)21(14-19)24-22(25)16(3)28-20-12-11-17-7-5-6-8-18(17)13-20/h9-14,16H,4-8H2,1-3H3,(H,24,25)/t16-/m0/s1. The molecule has 0 aromatic heterocycles. The molecule has 0 unspecified atom stereocenters. The molecule has 1 N–H and O–H groups in total. The van der Waals surface area contributed by atoms with E-state index in [0.717, 1.165) is 18.4 Å². The van der Waals surface area contributed by atoms with Crippen LogP contribution in [0, 0.1) is 6.92 Å². The van der Waals surface area contributed by atoms with Crippen molar-refractivity contribution < 1.29 is 19.1 Å². The number of carbonyl (C=O) groups excluding carboxylic acids is 2. The first kappa shape index (κ1) is 19.9. The molecule has 0 fully saturated rings. The second kappa shape index (κ2) is 8.91. The molecule has 0 heterocycles. The zero-order valence-corrected chi connectivity index (χ0v) is 16.7. The van der Waals surface area contributed by atoms with Crippen LogP contribution in [0.3, 0.4) is 0 Å². The molecule has 5 heteroatoms. The molecule has 0 saturated carbocycles. The zero-order valence-electron chi connectivity index (χ0n) is 16.7. The van der Waals surface area contributed by atoms with Gasteiger partial charge in [0, 0.05) is 5.69 Å². The summed E-state index contributed by atoms with van der Waals surface area (Å²) in [6.07, 6.45) is 3.94. The molecule has 0 saturated heterocycles. The average molecular weight is 381 g/mol. The Bertz CT molecular complexity index is 875. The fourth-order valence-electron chi connectivity index (χ4n) is 3.37. The summed E-state index contributed by atoms with van der Waals surface area (Å²) in [4.78, 5) is 24.5. The molecule has 148 valence electrons. The molecule has 0 spiro atoms. The van der Waals surface area contributed by atoms with E-state index >= 15 is 0 Å². The van der Waals surface area contributed by atoms with Crippen molar-refractivity contribution in [1.82, 2.24) is 0 Å². The van der Waals surface area contributed by atoms with Gasteiger partial charge in [0.15, 0.2) is 6.10 Å². The summed E-state index contributed by atoms with van der Waals surface area (Å²) in [5, 5.41) is 2.86. The molecular weight excluding hydrogens is 354 g/mol. The van der Waals surface area contributed by atoms with E-state index < -0.39 is 12.1 Å². The molecule has 1 aliphatic rings. The molecule has 1 aliphatic carbocycles. The normalized spacial score (nSPS) is 14.0. The average Bonchev–Trinajstić information content (AvgIpc) is 2.69. The van der Waals surface area contributed by atoms with E-state index in [1.54, 1.807) is 32.0 Å². The SMILES string of the molecule is CCOC(=O)c1ccc(C)c(NC(=O)[C@H](C)Oc2ccc3c(c2)CCCC3)c1. The first-order valence-corrected chi connectivity index (χ1v) is 9.85. The minimum Gasteiger partial charge on any atom is -0.481 e. The summed E-state index contributed by atoms with van der Waals surface area (Å²) in [6.45, 7) is 5.66. The highest BCUT2D eigenvalue weighted by atomic mass is 16.5. The van der Waals surface area contributed by atoms with Gasteiger partial charge in [-0.15, -0.1) is 0 Å². The Labute approximate surface area is 166 Å². The number of esters is 1. The summed E-state index contributed by atoms with van der Waals surface area (Å²) in [7, 11) is 0. The first-order valence-electron chi connectivity index (χ1n) is 9.85. The third kappa shape index (κ3) is 4.71. The molecule has 3 rings (SSSR count). The quantitative estimate of drug-likeness (QED) is 0.751. The van der Waals surface area contributed by atoms with Crippen LogP contribution in [0.4, 0.5) is 5.69 Å². The van der Waals surface area contributed by atoms with E-state index in [1.807, 2.05) is 19.1 Å². The number of rotatable bonds is 6. The molecule has 2 aromatic rings. The molecule has 1 atom stereocenters. The first-order chi connectivity index (χ1) is 13.5. The fraction of sp³-hybridized carbons (Fsp3) is 0.391. The number of benzene rings is 2. The molecule has 0 bridgehead atoms. The van der Waals surface area contributed by atoms with Gasteiger partial charge in [0.25, 0.3) is 5.91 Å². The summed E-state index contributed by atoms with van der Waals surface area (Å²) >= 11 is 0. The van der Waals surface area contributed by atoms with Gasteiger partial charge in [-0.05, 0) is 87.4 Å². The number of ether oxygens (including phenoxy) is 2. The summed E-state index contributed by atoms with van der Waals surface area (Å²) in [5.41, 5.74) is 4.54. The summed E-state index contributed by atoms with van der Waals surface area (Å²) < 4.78 is 10.9. The van der Waals surface area contributed by atoms with Crippen LogP contribution >= 0.6 is 0 Å². The number of nitrogens with one attached hydrogen (secondary N) is 1. The van der Waals surface area contributed by atoms with Gasteiger partial charge in [-0.2, -0.15) is 0 Å². The highest BCUT2D eigenvalue weighted by Gasteiger charge is 2.18. The Morgan fingerprint density at radius 3 is 2.57 bits per heavy atom. The molecule has 28 heavy (non-hydrogen) atoms. The fourth-order valence-corrected chi connectivity index (χ4v) is 3.37. The van der Waals surface area contributed by atoms with E-state index in [-0.39, 0.29) is 5.91 Å². The van der Waals surface area contributed by atoms with Crippen molar-refractivity contribution in [2.75, 3.05) is 11.9 Å². The number of aryl methyl sites for hydroxylation is 3. The van der Waals surface area contributed by atoms with Gasteiger partial charge < -0.3 is 14.8 Å². The van der Waals surface area contributed by atoms with Crippen molar-refractivity contribution in [1.29, 1.82) is 0 Å². The predicted molar refractivity (Wildman–Crippen MR) is 109 cm³/mol. The number of amides is 1. The Hall–Kier alpha value is -2.82. The minimum atomic E-state index is -0.660. The number of anilines is 1. The Morgan fingerprint density at radius 1 is 1.07 bits per heavy atom. The van der Waals surface area contributed by atoms with Crippen LogP contribution in [0.25, 0.3) is 0 Å². The number of hydrogen-bond donors (Lipinski definition) is 1. The lowest BCUT2D eigenvalue weighted by Gasteiger charge is -2.19. The van der Waals surface area contributed by atoms with Gasteiger partial charge in [0.05, 0.1) is 12.2 Å². The van der Waals surface area contributed by atoms with Crippen LogP contribution < -0.4 is 10.1 Å². The Balaban J connectivity index is 1.67. The predicted octanol–water partition coefficient (Wildman–Crippen LogP) is 4.46. The van der Waals surface area contributed by atoms with Crippen LogP contribution in [0.5, 0.6) is 5.75 Å². The van der Waals surface area contributed by atoms with Crippen molar-refractivity contribution in [2.24, 2.45) is 0 Å². The van der Waals surface area contributed by atoms with Crippen molar-refractivity contribution in [3.05, 3.63) is 58.7 Å². The van der Waals surface area contributed by atoms with Crippen molar-refractivity contribution in [3.63, 3.8) is 0 Å². The van der Waals surface area contributed by atoms with Gasteiger partial charge in [-0.1, -0.05) is 12.1 Å². The molecule has 0 aliphatic heterocycles. The molecular formula is C23H27NO4. The van der Waals surface area contributed by atoms with Gasteiger partial charge in [0.2, 0.25) is 0 Å². The van der Waals surface area contributed by atoms with E-state index in [1.165, 1.54) is 24.0 Å². The lowest BCUT2D eigenvalue weighted by Crippen LogP contribution is -2.30. The molecule has 0 radical (unpaired) electrons. The second-order valence-electron chi connectivity index (χ2n) is 7.14. The van der Waals surface area contributed by atoms with Crippen LogP contribution in [0.2, 0.25) is 0 Å². The molecule has 1 amide bonds. The maximum atomic E-state index is 12.6. The summed E-state index contributed by atoms with van der Waals surface area (Å²) in [5.74, 6) is 0.0403. The number of fused-ring (bicyclic) bond motifs is 1. The van der Waals surface area contributed by atoms with E-state index in [4.69, 9.17) is 9.47 Å². The highest BCUT2D eigenvalue weighted by Crippen LogP contribution is 2.26. The largest absolute Gasteiger partial charge is 0.481 e. The van der Waals surface area contributed by atoms with Gasteiger partial charge in [0.1, 0.15) is 5.75 Å². The van der Waals surface area contributed by atoms with Crippen LogP contribution in [-0.2, 0) is 22.4 Å². The lowest BCUT2D eigenvalue weighted by molar-refractivity contribution is -0.122. The molecule has 2 aromatic carbocycles. The topological polar surface area (TPSA) is 64.6 Å². The van der Waals surface area contributed by atoms with E-state index in [2.05, 4.69) is 11.4 Å². The number of hydrogen-bond acceptors (Lipinski definition) is 4. The summed E-state index contributed by atoms with van der Waals surface area (Å²) in [6, 6.07) is 11.2. The van der Waals surface area contributed by atoms with Crippen LogP contribution in [0.1, 0.15) is 53.7 Å². The van der Waals surface area contributed by atoms with Crippen molar-refractivity contribution in [2.45, 2.75) is 52.6 Å². The maximum absolute atomic E-state index is 12.6. The zero-order chi connectivity index (χ0) is 20.1. The van der Waals surface area contributed by atoms with Crippen molar-refractivity contribution >= 4 is 17.6 Å².